The molecule has 0 saturated carbocycles. The molecule has 0 amide bonds. The molecule has 3 aromatic rings. The summed E-state index contributed by atoms with van der Waals surface area (Å²) >= 11 is 5.85. The number of phenolic OH excluding ortho intramolecular Hbond substituents is 1. The molecule has 2 atom stereocenters. The standard InChI is InChI=1S/C24H22ClFN2O6S/c1-34-16-11-19(27-12-16)17-7-14(13-5-3-2-4-6-13)9-20(22(17)26)28-35(32,33)21-10-15(24(30)31)8-18(25)23(21)29/h2-10,16,19,27-29H,11-12H2,1H3,(H,30,31)/t16-,19?/m1/s1. The second-order valence-corrected chi connectivity index (χ2v) is 10.1. The van der Waals surface area contributed by atoms with E-state index >= 15 is 4.39 Å². The van der Waals surface area contributed by atoms with E-state index in [1.54, 1.807) is 37.4 Å². The van der Waals surface area contributed by atoms with Crippen LogP contribution in [0.5, 0.6) is 5.75 Å². The maximum atomic E-state index is 15.7. The molecule has 0 spiro atoms. The molecule has 0 aromatic heterocycles. The summed E-state index contributed by atoms with van der Waals surface area (Å²) in [4.78, 5) is 10.6. The Hall–Kier alpha value is -3.18. The number of aromatic carboxylic acids is 1. The number of carbonyl (C=O) groups is 1. The molecule has 0 aliphatic carbocycles. The Morgan fingerprint density at radius 1 is 1.17 bits per heavy atom. The van der Waals surface area contributed by atoms with Crippen LogP contribution in [0.15, 0.2) is 59.5 Å². The second-order valence-electron chi connectivity index (χ2n) is 8.06. The predicted molar refractivity (Wildman–Crippen MR) is 129 cm³/mol. The fraction of sp³-hybridized carbons (Fsp3) is 0.208. The third kappa shape index (κ3) is 5.10. The largest absolute Gasteiger partial charge is 0.505 e. The summed E-state index contributed by atoms with van der Waals surface area (Å²) in [6.07, 6.45) is 0.354. The zero-order valence-electron chi connectivity index (χ0n) is 18.5. The van der Waals surface area contributed by atoms with E-state index in [9.17, 15) is 23.4 Å². The molecule has 35 heavy (non-hydrogen) atoms. The maximum Gasteiger partial charge on any atom is 0.335 e. The number of hydrogen-bond acceptors (Lipinski definition) is 6. The molecular formula is C24H22ClFN2O6S. The number of nitrogens with one attached hydrogen (secondary N) is 2. The number of methoxy groups -OCH3 is 1. The number of halogens is 2. The van der Waals surface area contributed by atoms with Gasteiger partial charge in [0.15, 0.2) is 11.6 Å². The van der Waals surface area contributed by atoms with Crippen molar-refractivity contribution in [3.63, 3.8) is 0 Å². The minimum atomic E-state index is -4.63. The number of carboxylic acids is 1. The highest BCUT2D eigenvalue weighted by molar-refractivity contribution is 7.92. The molecule has 1 aliphatic rings. The Morgan fingerprint density at radius 3 is 2.51 bits per heavy atom. The van der Waals surface area contributed by atoms with E-state index in [4.69, 9.17) is 16.3 Å². The summed E-state index contributed by atoms with van der Waals surface area (Å²) in [6.45, 7) is 0.506. The van der Waals surface area contributed by atoms with E-state index in [0.717, 1.165) is 17.7 Å². The second kappa shape index (κ2) is 9.82. The summed E-state index contributed by atoms with van der Waals surface area (Å²) in [5.41, 5.74) is 0.719. The molecule has 0 bridgehead atoms. The summed E-state index contributed by atoms with van der Waals surface area (Å²) < 4.78 is 49.5. The topological polar surface area (TPSA) is 125 Å². The lowest BCUT2D eigenvalue weighted by Crippen LogP contribution is -2.19. The number of rotatable bonds is 7. The first kappa shape index (κ1) is 24.9. The van der Waals surface area contributed by atoms with Crippen molar-refractivity contribution in [3.05, 3.63) is 76.6 Å². The lowest BCUT2D eigenvalue weighted by atomic mass is 9.96. The van der Waals surface area contributed by atoms with Crippen molar-refractivity contribution in [1.29, 1.82) is 0 Å². The van der Waals surface area contributed by atoms with Crippen LogP contribution in [0, 0.1) is 5.82 Å². The van der Waals surface area contributed by atoms with E-state index in [-0.39, 0.29) is 17.4 Å². The average Bonchev–Trinajstić information content (AvgIpc) is 3.31. The molecule has 4 N–H and O–H groups in total. The number of sulfonamides is 1. The van der Waals surface area contributed by atoms with Gasteiger partial charge in [0.2, 0.25) is 0 Å². The van der Waals surface area contributed by atoms with Crippen LogP contribution in [-0.2, 0) is 14.8 Å². The minimum absolute atomic E-state index is 0.127. The first-order chi connectivity index (χ1) is 16.6. The first-order valence-electron chi connectivity index (χ1n) is 10.5. The normalized spacial score (nSPS) is 17.9. The van der Waals surface area contributed by atoms with E-state index in [0.29, 0.717) is 18.5 Å². The highest BCUT2D eigenvalue weighted by Crippen LogP contribution is 2.37. The van der Waals surface area contributed by atoms with E-state index in [1.165, 1.54) is 6.07 Å². The van der Waals surface area contributed by atoms with Gasteiger partial charge in [-0.05, 0) is 41.8 Å². The number of carboxylic acid groups (broad SMARTS) is 1. The number of anilines is 1. The van der Waals surface area contributed by atoms with Gasteiger partial charge in [0.1, 0.15) is 4.90 Å². The van der Waals surface area contributed by atoms with Crippen molar-refractivity contribution in [2.45, 2.75) is 23.5 Å². The van der Waals surface area contributed by atoms with Crippen molar-refractivity contribution in [1.82, 2.24) is 5.32 Å². The van der Waals surface area contributed by atoms with Crippen LogP contribution in [0.25, 0.3) is 11.1 Å². The van der Waals surface area contributed by atoms with E-state index < -0.39 is 49.1 Å². The Bertz CT molecular complexity index is 1380. The minimum Gasteiger partial charge on any atom is -0.505 e. The molecule has 1 heterocycles. The zero-order chi connectivity index (χ0) is 25.3. The summed E-state index contributed by atoms with van der Waals surface area (Å²) in [7, 11) is -3.07. The molecule has 11 heteroatoms. The summed E-state index contributed by atoms with van der Waals surface area (Å²) in [6, 6.07) is 13.3. The zero-order valence-corrected chi connectivity index (χ0v) is 20.0. The van der Waals surface area contributed by atoms with Crippen molar-refractivity contribution < 1.29 is 32.6 Å². The first-order valence-corrected chi connectivity index (χ1v) is 12.4. The van der Waals surface area contributed by atoms with E-state index in [1.807, 2.05) is 6.07 Å². The Balaban J connectivity index is 1.82. The molecule has 1 unspecified atom stereocenters. The van der Waals surface area contributed by atoms with Crippen LogP contribution in [0.3, 0.4) is 0 Å². The molecule has 8 nitrogen and oxygen atoms in total. The SMILES string of the molecule is CO[C@H]1CNC(c2cc(-c3ccccc3)cc(NS(=O)(=O)c3cc(C(=O)O)cc(Cl)c3O)c2F)C1. The van der Waals surface area contributed by atoms with Gasteiger partial charge >= 0.3 is 5.97 Å². The smallest absolute Gasteiger partial charge is 0.335 e. The lowest BCUT2D eigenvalue weighted by molar-refractivity contribution is 0.0696. The highest BCUT2D eigenvalue weighted by atomic mass is 35.5. The molecule has 4 rings (SSSR count). The van der Waals surface area contributed by atoms with Crippen molar-refractivity contribution in [2.75, 3.05) is 18.4 Å². The number of benzene rings is 3. The van der Waals surface area contributed by atoms with Gasteiger partial charge < -0.3 is 20.3 Å². The van der Waals surface area contributed by atoms with Gasteiger partial charge in [0, 0.05) is 25.3 Å². The molecule has 3 aromatic carbocycles. The maximum absolute atomic E-state index is 15.7. The van der Waals surface area contributed by atoms with Crippen LogP contribution in [0.2, 0.25) is 5.02 Å². The van der Waals surface area contributed by atoms with Gasteiger partial charge in [-0.25, -0.2) is 17.6 Å². The van der Waals surface area contributed by atoms with Gasteiger partial charge in [-0.1, -0.05) is 41.9 Å². The molecule has 184 valence electrons. The molecule has 1 aliphatic heterocycles. The summed E-state index contributed by atoms with van der Waals surface area (Å²) in [5.74, 6) is -3.09. The van der Waals surface area contributed by atoms with Gasteiger partial charge in [-0.2, -0.15) is 0 Å². The third-order valence-corrected chi connectivity index (χ3v) is 7.48. The molecular weight excluding hydrogens is 499 g/mol. The average molecular weight is 521 g/mol. The number of phenols is 1. The van der Waals surface area contributed by atoms with Crippen molar-refractivity contribution in [2.24, 2.45) is 0 Å². The molecule has 1 fully saturated rings. The monoisotopic (exact) mass is 520 g/mol. The number of hydrogen-bond donors (Lipinski definition) is 4. The van der Waals surface area contributed by atoms with Crippen LogP contribution < -0.4 is 10.0 Å². The van der Waals surface area contributed by atoms with Crippen LogP contribution in [0.1, 0.15) is 28.4 Å². The lowest BCUT2D eigenvalue weighted by Gasteiger charge is -2.18. The Morgan fingerprint density at radius 2 is 1.89 bits per heavy atom. The predicted octanol–water partition coefficient (Wildman–Crippen LogP) is 4.40. The van der Waals surface area contributed by atoms with Crippen molar-refractivity contribution >= 4 is 33.3 Å². The molecule has 1 saturated heterocycles. The van der Waals surface area contributed by atoms with Crippen molar-refractivity contribution in [3.8, 4) is 16.9 Å². The highest BCUT2D eigenvalue weighted by Gasteiger charge is 2.30. The van der Waals surface area contributed by atoms with Gasteiger partial charge in [0.05, 0.1) is 22.4 Å². The van der Waals surface area contributed by atoms with Crippen LogP contribution in [0.4, 0.5) is 10.1 Å². The quantitative estimate of drug-likeness (QED) is 0.364. The Labute approximate surface area is 206 Å². The third-order valence-electron chi connectivity index (χ3n) is 5.82. The fourth-order valence-corrected chi connectivity index (χ4v) is 5.46. The van der Waals surface area contributed by atoms with Crippen LogP contribution in [-0.4, -0.2) is 44.4 Å². The Kier molecular flexibility index (Phi) is 7.00. The van der Waals surface area contributed by atoms with Gasteiger partial charge in [-0.15, -0.1) is 0 Å². The summed E-state index contributed by atoms with van der Waals surface area (Å²) in [5, 5.41) is 22.2. The number of aromatic hydroxyl groups is 1. The van der Waals surface area contributed by atoms with E-state index in [2.05, 4.69) is 10.0 Å². The van der Waals surface area contributed by atoms with Gasteiger partial charge in [0.25, 0.3) is 10.0 Å². The van der Waals surface area contributed by atoms with Crippen LogP contribution >= 0.6 is 11.6 Å². The number of ether oxygens (including phenoxy) is 1. The molecule has 0 radical (unpaired) electrons. The fourth-order valence-electron chi connectivity index (χ4n) is 3.99. The van der Waals surface area contributed by atoms with Gasteiger partial charge in [-0.3, -0.25) is 4.72 Å².